The molecule has 1 fully saturated rings. The Balaban J connectivity index is 2.84. The second-order valence-corrected chi connectivity index (χ2v) is 18.1. The number of aliphatic hydroxyl groups excluding tert-OH is 5. The molecule has 1 rings (SSSR count). The first-order valence-electron chi connectivity index (χ1n) is 27.3. The fraction of sp³-hybridized carbons (Fsp3) is 0.574. The molecule has 0 aromatic carbocycles. The average molecular weight is 1000 g/mol. The summed E-state index contributed by atoms with van der Waals surface area (Å²) in [6.07, 6.45) is 57.4. The van der Waals surface area contributed by atoms with E-state index in [0.29, 0.717) is 12.8 Å². The SMILES string of the molecule is CC\C=C/C=C/C=C/C=C\C=C\C=C\CCCCCC(=O)OC1C(OCC(NC(=O)C(O)CCCC/C=C/C=C\C=C/C=C/C=C/CC)C(O)/C=C/CCCCCCCCCCCC)OC(CO)C(O)C1O. The molecule has 1 aliphatic rings. The van der Waals surface area contributed by atoms with E-state index >= 15 is 0 Å². The number of ether oxygens (including phenoxy) is 3. The molecular weight excluding hydrogens is 907 g/mol. The molecule has 8 unspecified atom stereocenters. The lowest BCUT2D eigenvalue weighted by Crippen LogP contribution is -2.61. The van der Waals surface area contributed by atoms with Gasteiger partial charge in [-0.15, -0.1) is 0 Å². The summed E-state index contributed by atoms with van der Waals surface area (Å²) >= 11 is 0. The molecule has 0 aromatic heterocycles. The van der Waals surface area contributed by atoms with Crippen molar-refractivity contribution in [2.45, 2.75) is 211 Å². The van der Waals surface area contributed by atoms with Gasteiger partial charge in [-0.05, 0) is 64.2 Å². The topological polar surface area (TPSA) is 175 Å². The fourth-order valence-corrected chi connectivity index (χ4v) is 7.47. The van der Waals surface area contributed by atoms with Gasteiger partial charge in [0.2, 0.25) is 5.91 Å². The molecule has 0 spiro atoms. The molecule has 1 amide bonds. The third-order valence-corrected chi connectivity index (χ3v) is 11.8. The first-order valence-corrected chi connectivity index (χ1v) is 27.3. The van der Waals surface area contributed by atoms with E-state index in [2.05, 4.69) is 44.3 Å². The molecule has 6 N–H and O–H groups in total. The summed E-state index contributed by atoms with van der Waals surface area (Å²) in [4.78, 5) is 26.4. The molecule has 0 aromatic rings. The van der Waals surface area contributed by atoms with Crippen LogP contribution in [0, 0.1) is 0 Å². The largest absolute Gasteiger partial charge is 0.454 e. The van der Waals surface area contributed by atoms with E-state index in [-0.39, 0.29) is 19.4 Å². The zero-order valence-corrected chi connectivity index (χ0v) is 44.2. The van der Waals surface area contributed by atoms with Crippen LogP contribution >= 0.6 is 0 Å². The van der Waals surface area contributed by atoms with Gasteiger partial charge in [-0.2, -0.15) is 0 Å². The lowest BCUT2D eigenvalue weighted by molar-refractivity contribution is -0.305. The summed E-state index contributed by atoms with van der Waals surface area (Å²) < 4.78 is 17.5. The molecular formula is C61H95NO10. The molecule has 1 heterocycles. The minimum Gasteiger partial charge on any atom is -0.454 e. The van der Waals surface area contributed by atoms with E-state index in [1.165, 1.54) is 44.9 Å². The summed E-state index contributed by atoms with van der Waals surface area (Å²) in [5.41, 5.74) is 0. The van der Waals surface area contributed by atoms with Gasteiger partial charge in [-0.25, -0.2) is 0 Å². The van der Waals surface area contributed by atoms with Crippen LogP contribution in [0.3, 0.4) is 0 Å². The number of carbonyl (C=O) groups is 2. The van der Waals surface area contributed by atoms with Crippen LogP contribution in [0.5, 0.6) is 0 Å². The zero-order valence-electron chi connectivity index (χ0n) is 44.2. The average Bonchev–Trinajstić information content (AvgIpc) is 3.38. The second-order valence-electron chi connectivity index (χ2n) is 18.1. The Labute approximate surface area is 435 Å². The highest BCUT2D eigenvalue weighted by molar-refractivity contribution is 5.80. The maximum atomic E-state index is 13.3. The van der Waals surface area contributed by atoms with Crippen LogP contribution in [0.1, 0.15) is 162 Å². The van der Waals surface area contributed by atoms with Gasteiger partial charge in [0, 0.05) is 6.42 Å². The number of rotatable bonds is 42. The van der Waals surface area contributed by atoms with E-state index in [0.717, 1.165) is 70.6 Å². The number of hydrogen-bond acceptors (Lipinski definition) is 10. The van der Waals surface area contributed by atoms with Gasteiger partial charge in [0.05, 0.1) is 25.4 Å². The van der Waals surface area contributed by atoms with Crippen molar-refractivity contribution < 1.29 is 49.3 Å². The molecule has 0 radical (unpaired) electrons. The normalized spacial score (nSPS) is 20.7. The summed E-state index contributed by atoms with van der Waals surface area (Å²) in [7, 11) is 0. The Hall–Kier alpha value is -4.46. The first-order chi connectivity index (χ1) is 35.2. The third kappa shape index (κ3) is 35.6. The van der Waals surface area contributed by atoms with Crippen molar-refractivity contribution in [2.24, 2.45) is 0 Å². The van der Waals surface area contributed by atoms with Crippen molar-refractivity contribution in [3.8, 4) is 0 Å². The highest BCUT2D eigenvalue weighted by Gasteiger charge is 2.47. The standard InChI is InChI=1S/C61H95NO10/c1-4-7-10-13-16-19-22-25-27-28-29-31-34-37-40-43-46-49-56(66)72-59-58(68)57(67)55(50-63)71-61(59)70-51-52(53(64)47-44-41-38-35-32-24-21-18-15-12-9-6-3)62-60(69)54(65)48-45-42-39-36-33-30-26-23-20-17-14-11-8-5-2/h7-8,10-11,13-14,16-17,19-20,22-23,25-31,33-34,36,44,47,52-55,57-59,61,63-65,67-68H,4-6,9,12,15,18,21,24,32,35,37-43,45-46,48-51H2,1-3H3,(H,62,69)/b10-7-,11-8+,16-13+,17-14+,22-19+,23-20-,27-25-,29-28+,30-26-,34-31+,36-33+,47-44+. The van der Waals surface area contributed by atoms with Crippen LogP contribution < -0.4 is 5.32 Å². The maximum Gasteiger partial charge on any atom is 0.306 e. The molecule has 0 saturated carbocycles. The molecule has 0 bridgehead atoms. The molecule has 1 saturated heterocycles. The van der Waals surface area contributed by atoms with Crippen molar-refractivity contribution in [1.82, 2.24) is 5.32 Å². The monoisotopic (exact) mass is 1000 g/mol. The molecule has 8 atom stereocenters. The number of nitrogens with one attached hydrogen (secondary N) is 1. The van der Waals surface area contributed by atoms with E-state index in [1.807, 2.05) is 122 Å². The van der Waals surface area contributed by atoms with Crippen molar-refractivity contribution >= 4 is 11.9 Å². The molecule has 11 nitrogen and oxygen atoms in total. The number of carbonyl (C=O) groups excluding carboxylic acids is 2. The summed E-state index contributed by atoms with van der Waals surface area (Å²) in [5.74, 6) is -1.30. The lowest BCUT2D eigenvalue weighted by atomic mass is 9.99. The number of aliphatic hydroxyl groups is 5. The summed E-state index contributed by atoms with van der Waals surface area (Å²) in [6, 6.07) is -1.07. The molecule has 11 heteroatoms. The van der Waals surface area contributed by atoms with Crippen LogP contribution in [-0.2, 0) is 23.8 Å². The summed E-state index contributed by atoms with van der Waals surface area (Å²) in [5, 5.41) is 56.7. The van der Waals surface area contributed by atoms with Gasteiger partial charge in [0.15, 0.2) is 12.4 Å². The lowest BCUT2D eigenvalue weighted by Gasteiger charge is -2.41. The van der Waals surface area contributed by atoms with Gasteiger partial charge in [0.1, 0.15) is 24.4 Å². The predicted octanol–water partition coefficient (Wildman–Crippen LogP) is 11.9. The highest BCUT2D eigenvalue weighted by atomic mass is 16.7. The van der Waals surface area contributed by atoms with Crippen LogP contribution in [0.2, 0.25) is 0 Å². The molecule has 72 heavy (non-hydrogen) atoms. The maximum absolute atomic E-state index is 13.3. The predicted molar refractivity (Wildman–Crippen MR) is 296 cm³/mol. The Morgan fingerprint density at radius 3 is 1.50 bits per heavy atom. The zero-order chi connectivity index (χ0) is 52.5. The third-order valence-electron chi connectivity index (χ3n) is 11.8. The van der Waals surface area contributed by atoms with Gasteiger partial charge in [-0.3, -0.25) is 9.59 Å². The summed E-state index contributed by atoms with van der Waals surface area (Å²) in [6.45, 7) is 5.40. The van der Waals surface area contributed by atoms with Crippen molar-refractivity contribution in [3.05, 3.63) is 146 Å². The van der Waals surface area contributed by atoms with Crippen LogP contribution in [0.15, 0.2) is 146 Å². The Bertz CT molecular complexity index is 1720. The van der Waals surface area contributed by atoms with E-state index < -0.39 is 67.4 Å². The van der Waals surface area contributed by atoms with Crippen LogP contribution in [0.25, 0.3) is 0 Å². The minimum absolute atomic E-state index is 0.0567. The smallest absolute Gasteiger partial charge is 0.306 e. The number of esters is 1. The number of allylic oxidation sites excluding steroid dienone is 23. The number of unbranched alkanes of at least 4 members (excludes halogenated alkanes) is 15. The Morgan fingerprint density at radius 1 is 0.556 bits per heavy atom. The number of hydrogen-bond donors (Lipinski definition) is 6. The van der Waals surface area contributed by atoms with Gasteiger partial charge in [-0.1, -0.05) is 237 Å². The molecule has 1 aliphatic heterocycles. The first kappa shape index (κ1) is 65.6. The highest BCUT2D eigenvalue weighted by Crippen LogP contribution is 2.26. The second kappa shape index (κ2) is 47.5. The Kier molecular flexibility index (Phi) is 43.3. The van der Waals surface area contributed by atoms with E-state index in [1.54, 1.807) is 6.08 Å². The Morgan fingerprint density at radius 2 is 1.00 bits per heavy atom. The van der Waals surface area contributed by atoms with Crippen molar-refractivity contribution in [1.29, 1.82) is 0 Å². The fourth-order valence-electron chi connectivity index (χ4n) is 7.47. The van der Waals surface area contributed by atoms with E-state index in [4.69, 9.17) is 14.2 Å². The van der Waals surface area contributed by atoms with Crippen molar-refractivity contribution in [3.63, 3.8) is 0 Å². The van der Waals surface area contributed by atoms with Crippen LogP contribution in [-0.4, -0.2) is 99.6 Å². The quantitative estimate of drug-likeness (QED) is 0.0149. The minimum atomic E-state index is -1.65. The van der Waals surface area contributed by atoms with Crippen LogP contribution in [0.4, 0.5) is 0 Å². The van der Waals surface area contributed by atoms with E-state index in [9.17, 15) is 35.1 Å². The van der Waals surface area contributed by atoms with Gasteiger partial charge >= 0.3 is 5.97 Å². The molecule has 404 valence electrons. The van der Waals surface area contributed by atoms with Gasteiger partial charge < -0.3 is 45.1 Å². The van der Waals surface area contributed by atoms with Gasteiger partial charge in [0.25, 0.3) is 0 Å². The number of amides is 1. The molecule has 0 aliphatic carbocycles. The van der Waals surface area contributed by atoms with Crippen molar-refractivity contribution in [2.75, 3.05) is 13.2 Å².